The number of para-hydroxylation sites is 1. The first-order valence-corrected chi connectivity index (χ1v) is 7.05. The van der Waals surface area contributed by atoms with Crippen LogP contribution in [0.2, 0.25) is 0 Å². The van der Waals surface area contributed by atoms with Gasteiger partial charge in [0.05, 0.1) is 0 Å². The molecule has 3 nitrogen and oxygen atoms in total. The fourth-order valence-corrected chi connectivity index (χ4v) is 2.44. The normalized spacial score (nSPS) is 20.0. The van der Waals surface area contributed by atoms with Gasteiger partial charge < -0.3 is 10.1 Å². The van der Waals surface area contributed by atoms with Crippen molar-refractivity contribution in [2.24, 2.45) is 5.92 Å². The fraction of sp³-hybridized carbons (Fsp3) is 0.600. The molecule has 0 unspecified atom stereocenters. The van der Waals surface area contributed by atoms with Crippen molar-refractivity contribution in [2.75, 3.05) is 32.8 Å². The second-order valence-corrected chi connectivity index (χ2v) is 5.38. The average molecular weight is 246 g/mol. The first-order chi connectivity index (χ1) is 8.92. The summed E-state index contributed by atoms with van der Waals surface area (Å²) in [5.74, 6) is 2.03. The average Bonchev–Trinajstić information content (AvgIpc) is 3.21. The topological polar surface area (TPSA) is 24.5 Å². The van der Waals surface area contributed by atoms with Crippen LogP contribution in [0.3, 0.4) is 0 Å². The molecule has 3 heteroatoms. The molecule has 18 heavy (non-hydrogen) atoms. The van der Waals surface area contributed by atoms with Crippen molar-refractivity contribution in [1.82, 2.24) is 10.2 Å². The number of nitrogens with one attached hydrogen (secondary N) is 1. The van der Waals surface area contributed by atoms with E-state index in [1.54, 1.807) is 0 Å². The Bertz CT molecular complexity index is 390. The Labute approximate surface area is 109 Å². The standard InChI is InChI=1S/C15H22N2O/c1-2-4-15-14(3-1)12-17(9-10-18-15)8-7-16-11-13-5-6-13/h1-4,13,16H,5-12H2. The quantitative estimate of drug-likeness (QED) is 0.803. The monoisotopic (exact) mass is 246 g/mol. The Hall–Kier alpha value is -1.06. The molecule has 98 valence electrons. The second-order valence-electron chi connectivity index (χ2n) is 5.38. The van der Waals surface area contributed by atoms with Crippen LogP contribution in [0.4, 0.5) is 0 Å². The number of hydrogen-bond donors (Lipinski definition) is 1. The molecule has 0 aromatic heterocycles. The van der Waals surface area contributed by atoms with Gasteiger partial charge in [-0.3, -0.25) is 4.90 Å². The van der Waals surface area contributed by atoms with Gasteiger partial charge in [-0.15, -0.1) is 0 Å². The molecule has 1 saturated carbocycles. The SMILES string of the molecule is c1ccc2c(c1)CN(CCNCC1CC1)CCO2. The summed E-state index contributed by atoms with van der Waals surface area (Å²) in [6.07, 6.45) is 2.86. The lowest BCUT2D eigenvalue weighted by Crippen LogP contribution is -2.33. The summed E-state index contributed by atoms with van der Waals surface area (Å²) in [5, 5.41) is 3.56. The van der Waals surface area contributed by atoms with E-state index in [0.717, 1.165) is 44.5 Å². The second kappa shape index (κ2) is 5.72. The van der Waals surface area contributed by atoms with E-state index in [1.807, 2.05) is 6.07 Å². The number of ether oxygens (including phenoxy) is 1. The van der Waals surface area contributed by atoms with E-state index in [-0.39, 0.29) is 0 Å². The highest BCUT2D eigenvalue weighted by molar-refractivity contribution is 5.33. The van der Waals surface area contributed by atoms with Crippen LogP contribution in [0, 0.1) is 5.92 Å². The molecule has 0 amide bonds. The maximum Gasteiger partial charge on any atom is 0.123 e. The van der Waals surface area contributed by atoms with Crippen LogP contribution in [0.1, 0.15) is 18.4 Å². The van der Waals surface area contributed by atoms with E-state index in [9.17, 15) is 0 Å². The Morgan fingerprint density at radius 2 is 2.17 bits per heavy atom. The zero-order valence-corrected chi connectivity index (χ0v) is 10.9. The van der Waals surface area contributed by atoms with Gasteiger partial charge in [0.25, 0.3) is 0 Å². The molecule has 1 aromatic rings. The lowest BCUT2D eigenvalue weighted by molar-refractivity contribution is 0.226. The molecule has 1 aromatic carbocycles. The molecule has 1 heterocycles. The summed E-state index contributed by atoms with van der Waals surface area (Å²) in [7, 11) is 0. The predicted molar refractivity (Wildman–Crippen MR) is 72.8 cm³/mol. The molecule has 3 rings (SSSR count). The van der Waals surface area contributed by atoms with Crippen LogP contribution in [-0.2, 0) is 6.54 Å². The van der Waals surface area contributed by atoms with E-state index in [4.69, 9.17) is 4.74 Å². The highest BCUT2D eigenvalue weighted by Gasteiger charge is 2.20. The van der Waals surface area contributed by atoms with E-state index in [0.29, 0.717) is 0 Å². The summed E-state index contributed by atoms with van der Waals surface area (Å²) in [4.78, 5) is 2.48. The van der Waals surface area contributed by atoms with Crippen LogP contribution < -0.4 is 10.1 Å². The molecule has 0 saturated heterocycles. The van der Waals surface area contributed by atoms with Gasteiger partial charge in [-0.2, -0.15) is 0 Å². The van der Waals surface area contributed by atoms with Crippen LogP contribution >= 0.6 is 0 Å². The summed E-state index contributed by atoms with van der Waals surface area (Å²) in [6, 6.07) is 8.39. The number of fused-ring (bicyclic) bond motifs is 1. The Morgan fingerprint density at radius 3 is 3.06 bits per heavy atom. The third kappa shape index (κ3) is 3.24. The van der Waals surface area contributed by atoms with Crippen LogP contribution in [0.15, 0.2) is 24.3 Å². The summed E-state index contributed by atoms with van der Waals surface area (Å²) in [5.41, 5.74) is 1.32. The van der Waals surface area contributed by atoms with Crippen molar-refractivity contribution in [3.05, 3.63) is 29.8 Å². The predicted octanol–water partition coefficient (Wildman–Crippen LogP) is 1.88. The highest BCUT2D eigenvalue weighted by Crippen LogP contribution is 2.27. The molecule has 1 aliphatic carbocycles. The highest BCUT2D eigenvalue weighted by atomic mass is 16.5. The van der Waals surface area contributed by atoms with Crippen molar-refractivity contribution in [1.29, 1.82) is 0 Å². The fourth-order valence-electron chi connectivity index (χ4n) is 2.44. The smallest absolute Gasteiger partial charge is 0.123 e. The minimum Gasteiger partial charge on any atom is -0.492 e. The number of benzene rings is 1. The number of rotatable bonds is 5. The third-order valence-electron chi connectivity index (χ3n) is 3.77. The number of nitrogens with zero attached hydrogens (tertiary/aromatic N) is 1. The molecule has 0 bridgehead atoms. The Kier molecular flexibility index (Phi) is 3.81. The third-order valence-corrected chi connectivity index (χ3v) is 3.77. The van der Waals surface area contributed by atoms with Crippen LogP contribution in [0.25, 0.3) is 0 Å². The molecular weight excluding hydrogens is 224 g/mol. The maximum atomic E-state index is 5.77. The first kappa shape index (κ1) is 12.0. The van der Waals surface area contributed by atoms with E-state index >= 15 is 0 Å². The zero-order valence-electron chi connectivity index (χ0n) is 10.9. The van der Waals surface area contributed by atoms with Gasteiger partial charge in [0.1, 0.15) is 12.4 Å². The lowest BCUT2D eigenvalue weighted by Gasteiger charge is -2.19. The molecule has 0 spiro atoms. The molecule has 1 N–H and O–H groups in total. The Balaban J connectivity index is 1.47. The van der Waals surface area contributed by atoms with Gasteiger partial charge in [-0.1, -0.05) is 18.2 Å². The van der Waals surface area contributed by atoms with Crippen molar-refractivity contribution in [3.8, 4) is 5.75 Å². The zero-order chi connectivity index (χ0) is 12.2. The summed E-state index contributed by atoms with van der Waals surface area (Å²) < 4.78 is 5.77. The molecule has 0 radical (unpaired) electrons. The summed E-state index contributed by atoms with van der Waals surface area (Å²) >= 11 is 0. The molecule has 0 atom stereocenters. The minimum absolute atomic E-state index is 0.805. The van der Waals surface area contributed by atoms with Gasteiger partial charge in [0.15, 0.2) is 0 Å². The lowest BCUT2D eigenvalue weighted by atomic mass is 10.2. The van der Waals surface area contributed by atoms with Gasteiger partial charge in [0.2, 0.25) is 0 Å². The van der Waals surface area contributed by atoms with Crippen molar-refractivity contribution >= 4 is 0 Å². The number of hydrogen-bond acceptors (Lipinski definition) is 3. The summed E-state index contributed by atoms with van der Waals surface area (Å²) in [6.45, 7) is 6.27. The van der Waals surface area contributed by atoms with E-state index in [2.05, 4.69) is 28.4 Å². The molecule has 1 aliphatic heterocycles. The maximum absolute atomic E-state index is 5.77. The minimum atomic E-state index is 0.805. The van der Waals surface area contributed by atoms with Crippen molar-refractivity contribution < 1.29 is 4.74 Å². The van der Waals surface area contributed by atoms with Gasteiger partial charge >= 0.3 is 0 Å². The molecular formula is C15H22N2O. The van der Waals surface area contributed by atoms with Gasteiger partial charge in [-0.05, 0) is 31.4 Å². The van der Waals surface area contributed by atoms with E-state index in [1.165, 1.54) is 24.9 Å². The molecule has 2 aliphatic rings. The van der Waals surface area contributed by atoms with Crippen LogP contribution in [0.5, 0.6) is 5.75 Å². The van der Waals surface area contributed by atoms with Crippen molar-refractivity contribution in [2.45, 2.75) is 19.4 Å². The van der Waals surface area contributed by atoms with Crippen LogP contribution in [-0.4, -0.2) is 37.7 Å². The van der Waals surface area contributed by atoms with Crippen molar-refractivity contribution in [3.63, 3.8) is 0 Å². The largest absolute Gasteiger partial charge is 0.492 e. The Morgan fingerprint density at radius 1 is 1.28 bits per heavy atom. The van der Waals surface area contributed by atoms with E-state index < -0.39 is 0 Å². The molecule has 1 fully saturated rings. The van der Waals surface area contributed by atoms with Gasteiger partial charge in [-0.25, -0.2) is 0 Å². The first-order valence-electron chi connectivity index (χ1n) is 7.05. The van der Waals surface area contributed by atoms with Gasteiger partial charge in [0, 0.05) is 31.7 Å².